The summed E-state index contributed by atoms with van der Waals surface area (Å²) in [6.45, 7) is 4.39. The number of aliphatic hydroxyl groups is 1. The predicted molar refractivity (Wildman–Crippen MR) is 73.1 cm³/mol. The van der Waals surface area contributed by atoms with Crippen molar-refractivity contribution in [2.45, 2.75) is 24.8 Å². The summed E-state index contributed by atoms with van der Waals surface area (Å²) in [6, 6.07) is 7.92. The lowest BCUT2D eigenvalue weighted by Gasteiger charge is -2.28. The van der Waals surface area contributed by atoms with E-state index in [4.69, 9.17) is 16.3 Å². The van der Waals surface area contributed by atoms with E-state index in [1.54, 1.807) is 0 Å². The molecule has 2 unspecified atom stereocenters. The van der Waals surface area contributed by atoms with Crippen LogP contribution in [-0.4, -0.2) is 37.0 Å². The number of aliphatic hydroxyl groups excluding tert-OH is 1. The van der Waals surface area contributed by atoms with Gasteiger partial charge in [-0.15, -0.1) is 0 Å². The summed E-state index contributed by atoms with van der Waals surface area (Å²) < 4.78 is 5.36. The van der Waals surface area contributed by atoms with Gasteiger partial charge in [0.05, 0.1) is 18.8 Å². The molecule has 2 rings (SSSR count). The van der Waals surface area contributed by atoms with Gasteiger partial charge in [-0.2, -0.15) is 0 Å². The van der Waals surface area contributed by atoms with Gasteiger partial charge in [-0.25, -0.2) is 0 Å². The van der Waals surface area contributed by atoms with Gasteiger partial charge in [0.1, 0.15) is 0 Å². The quantitative estimate of drug-likeness (QED) is 0.861. The number of ether oxygens (including phenoxy) is 1. The van der Waals surface area contributed by atoms with Gasteiger partial charge >= 0.3 is 0 Å². The minimum atomic E-state index is -0.257. The Bertz CT molecular complexity index is 391. The molecule has 1 saturated heterocycles. The first kappa shape index (κ1) is 13.8. The highest BCUT2D eigenvalue weighted by Crippen LogP contribution is 2.22. The number of rotatable bonds is 5. The van der Waals surface area contributed by atoms with E-state index < -0.39 is 0 Å². The van der Waals surface area contributed by atoms with Crippen LogP contribution in [0.5, 0.6) is 0 Å². The first-order valence-corrected chi connectivity index (χ1v) is 6.72. The van der Waals surface area contributed by atoms with Gasteiger partial charge in [-0.05, 0) is 30.0 Å². The molecule has 1 aliphatic heterocycles. The fraction of sp³-hybridized carbons (Fsp3) is 0.571. The molecule has 1 aromatic rings. The first-order chi connectivity index (χ1) is 8.65. The van der Waals surface area contributed by atoms with Crippen LogP contribution in [0.1, 0.15) is 24.8 Å². The third-order valence-electron chi connectivity index (χ3n) is 3.61. The maximum atomic E-state index is 9.48. The van der Waals surface area contributed by atoms with Crippen molar-refractivity contribution in [3.63, 3.8) is 0 Å². The summed E-state index contributed by atoms with van der Waals surface area (Å²) in [4.78, 5) is 0. The van der Waals surface area contributed by atoms with Gasteiger partial charge in [0.25, 0.3) is 0 Å². The van der Waals surface area contributed by atoms with Crippen molar-refractivity contribution in [2.75, 3.05) is 26.4 Å². The number of hydrogen-bond acceptors (Lipinski definition) is 3. The fourth-order valence-electron chi connectivity index (χ4n) is 2.23. The van der Waals surface area contributed by atoms with Crippen LogP contribution in [0.25, 0.3) is 0 Å². The number of benzene rings is 1. The molecule has 1 fully saturated rings. The van der Waals surface area contributed by atoms with Crippen molar-refractivity contribution in [3.05, 3.63) is 34.9 Å². The molecule has 1 aromatic carbocycles. The van der Waals surface area contributed by atoms with Crippen LogP contribution in [0.15, 0.2) is 24.3 Å². The molecule has 4 heteroatoms. The molecule has 0 radical (unpaired) electrons. The van der Waals surface area contributed by atoms with Crippen LogP contribution in [0.3, 0.4) is 0 Å². The van der Waals surface area contributed by atoms with Crippen LogP contribution in [0.4, 0.5) is 0 Å². The van der Waals surface area contributed by atoms with Crippen molar-refractivity contribution in [1.29, 1.82) is 0 Å². The Morgan fingerprint density at radius 1 is 1.56 bits per heavy atom. The van der Waals surface area contributed by atoms with E-state index in [2.05, 4.69) is 18.3 Å². The lowest BCUT2D eigenvalue weighted by atomic mass is 9.96. The monoisotopic (exact) mass is 269 g/mol. The van der Waals surface area contributed by atoms with Crippen molar-refractivity contribution >= 4 is 11.6 Å². The maximum absolute atomic E-state index is 9.48. The van der Waals surface area contributed by atoms with Crippen LogP contribution < -0.4 is 5.32 Å². The van der Waals surface area contributed by atoms with Gasteiger partial charge < -0.3 is 15.2 Å². The van der Waals surface area contributed by atoms with E-state index in [0.29, 0.717) is 12.5 Å². The van der Waals surface area contributed by atoms with Crippen LogP contribution in [0.2, 0.25) is 5.02 Å². The second kappa shape index (κ2) is 6.02. The molecule has 0 aliphatic carbocycles. The molecule has 0 amide bonds. The van der Waals surface area contributed by atoms with E-state index in [9.17, 15) is 5.11 Å². The third-order valence-corrected chi connectivity index (χ3v) is 3.84. The van der Waals surface area contributed by atoms with E-state index >= 15 is 0 Å². The third kappa shape index (κ3) is 3.23. The average Bonchev–Trinajstić information content (AvgIpc) is 2.85. The van der Waals surface area contributed by atoms with E-state index in [1.165, 1.54) is 5.56 Å². The molecule has 2 atom stereocenters. The van der Waals surface area contributed by atoms with Gasteiger partial charge in [-0.1, -0.05) is 30.7 Å². The summed E-state index contributed by atoms with van der Waals surface area (Å²) >= 11 is 5.99. The molecule has 1 aliphatic rings. The number of hydrogen-bond donors (Lipinski definition) is 2. The topological polar surface area (TPSA) is 41.5 Å². The van der Waals surface area contributed by atoms with Gasteiger partial charge in [0.2, 0.25) is 0 Å². The van der Waals surface area contributed by atoms with E-state index in [1.807, 2.05) is 18.2 Å². The maximum Gasteiger partial charge on any atom is 0.0673 e. The van der Waals surface area contributed by atoms with Crippen molar-refractivity contribution in [3.8, 4) is 0 Å². The fourth-order valence-corrected chi connectivity index (χ4v) is 2.43. The molecule has 100 valence electrons. The highest BCUT2D eigenvalue weighted by atomic mass is 35.5. The smallest absolute Gasteiger partial charge is 0.0673 e. The highest BCUT2D eigenvalue weighted by Gasteiger charge is 2.33. The Morgan fingerprint density at radius 2 is 2.39 bits per heavy atom. The van der Waals surface area contributed by atoms with Gasteiger partial charge in [0.15, 0.2) is 0 Å². The molecular formula is C14H20ClNO2. The van der Waals surface area contributed by atoms with Gasteiger partial charge in [0, 0.05) is 18.2 Å². The summed E-state index contributed by atoms with van der Waals surface area (Å²) in [5.41, 5.74) is 0.953. The van der Waals surface area contributed by atoms with Gasteiger partial charge in [-0.3, -0.25) is 0 Å². The Balaban J connectivity index is 1.93. The van der Waals surface area contributed by atoms with Crippen molar-refractivity contribution in [2.24, 2.45) is 0 Å². The minimum Gasteiger partial charge on any atom is -0.394 e. The lowest BCUT2D eigenvalue weighted by molar-refractivity contribution is 0.120. The summed E-state index contributed by atoms with van der Waals surface area (Å²) in [6.07, 6.45) is 0.867. The van der Waals surface area contributed by atoms with Crippen LogP contribution in [0, 0.1) is 0 Å². The second-order valence-electron chi connectivity index (χ2n) is 5.08. The minimum absolute atomic E-state index is 0.120. The zero-order valence-corrected chi connectivity index (χ0v) is 11.4. The average molecular weight is 270 g/mol. The Hall–Kier alpha value is -0.610. The Labute approximate surface area is 113 Å². The molecule has 0 aromatic heterocycles. The van der Waals surface area contributed by atoms with E-state index in [0.717, 1.165) is 24.6 Å². The first-order valence-electron chi connectivity index (χ1n) is 6.34. The molecule has 0 saturated carbocycles. The normalized spacial score (nSPS) is 25.3. The SMILES string of the molecule is CC(CNC1(CO)CCOC1)c1cccc(Cl)c1. The zero-order chi connectivity index (χ0) is 13.0. The molecule has 18 heavy (non-hydrogen) atoms. The highest BCUT2D eigenvalue weighted by molar-refractivity contribution is 6.30. The summed E-state index contributed by atoms with van der Waals surface area (Å²) in [7, 11) is 0. The van der Waals surface area contributed by atoms with Crippen molar-refractivity contribution in [1.82, 2.24) is 5.32 Å². The number of nitrogens with one attached hydrogen (secondary N) is 1. The molecular weight excluding hydrogens is 250 g/mol. The largest absolute Gasteiger partial charge is 0.394 e. The Kier molecular flexibility index (Phi) is 4.62. The van der Waals surface area contributed by atoms with Crippen LogP contribution >= 0.6 is 11.6 Å². The molecule has 0 spiro atoms. The summed E-state index contributed by atoms with van der Waals surface area (Å²) in [5, 5.41) is 13.7. The molecule has 1 heterocycles. The van der Waals surface area contributed by atoms with Crippen LogP contribution in [-0.2, 0) is 4.74 Å². The molecule has 0 bridgehead atoms. The summed E-state index contributed by atoms with van der Waals surface area (Å²) in [5.74, 6) is 0.354. The standard InChI is InChI=1S/C14H20ClNO2/c1-11(12-3-2-4-13(15)7-12)8-16-14(9-17)5-6-18-10-14/h2-4,7,11,16-17H,5-6,8-10H2,1H3. The molecule has 2 N–H and O–H groups in total. The zero-order valence-electron chi connectivity index (χ0n) is 10.7. The number of halogens is 1. The Morgan fingerprint density at radius 3 is 3.00 bits per heavy atom. The van der Waals surface area contributed by atoms with Crippen molar-refractivity contribution < 1.29 is 9.84 Å². The predicted octanol–water partition coefficient (Wildman–Crippen LogP) is 2.18. The van der Waals surface area contributed by atoms with E-state index in [-0.39, 0.29) is 12.1 Å². The lowest BCUT2D eigenvalue weighted by Crippen LogP contribution is -2.50. The second-order valence-corrected chi connectivity index (χ2v) is 5.51. The molecule has 3 nitrogen and oxygen atoms in total.